The van der Waals surface area contributed by atoms with Gasteiger partial charge < -0.3 is 19.8 Å². The minimum absolute atomic E-state index is 0.0541. The quantitative estimate of drug-likeness (QED) is 0.0243. The maximum Gasteiger partial charge on any atom is 0.472 e. The molecule has 0 bridgehead atoms. The smallest absolute Gasteiger partial charge is 0.387 e. The first kappa shape index (κ1) is 61.9. The number of carbonyl (C=O) groups excluding carboxylic acids is 1. The van der Waals surface area contributed by atoms with Crippen LogP contribution in [-0.4, -0.2) is 73.4 Å². The Morgan fingerprint density at radius 2 is 0.938 bits per heavy atom. The normalized spacial score (nSPS) is 14.7. The number of aliphatic hydroxyl groups excluding tert-OH is 1. The summed E-state index contributed by atoms with van der Waals surface area (Å²) in [6.45, 7) is 4.69. The number of nitrogens with zero attached hydrogens (tertiary/aromatic N) is 1. The van der Waals surface area contributed by atoms with Gasteiger partial charge in [-0.3, -0.25) is 13.8 Å². The standard InChI is InChI=1S/C55H101N2O6P/c1-6-8-10-12-14-16-18-20-22-24-26-28-30-32-34-36-38-40-42-44-46-48-54(58)53(52-63-64(60,61)62-51-50-57(3,4)5)56-55(59)49-47-45-43-41-39-37-35-33-31-29-27-25-23-21-19-17-15-13-11-9-7-2/h9,11,15,17,21,23,27,29,33,35,46,48,53-54,58H,6-8,10,12-14,16,18-20,22,24-26,28,30-32,34,36-45,47,49-52H2,1-5H3,(H-,56,59,60,61)/p+1/b11-9-,17-15-,23-21-,29-27-,35-33-,48-46+. The molecule has 0 fully saturated rings. The Labute approximate surface area is 395 Å². The molecule has 0 aromatic heterocycles. The van der Waals surface area contributed by atoms with Crippen molar-refractivity contribution in [2.24, 2.45) is 0 Å². The van der Waals surface area contributed by atoms with Gasteiger partial charge in [0, 0.05) is 6.42 Å². The molecule has 0 spiro atoms. The van der Waals surface area contributed by atoms with Crippen molar-refractivity contribution >= 4 is 13.7 Å². The largest absolute Gasteiger partial charge is 0.472 e. The lowest BCUT2D eigenvalue weighted by Gasteiger charge is -2.25. The van der Waals surface area contributed by atoms with Crippen LogP contribution in [0.3, 0.4) is 0 Å². The number of hydrogen-bond acceptors (Lipinski definition) is 5. The maximum absolute atomic E-state index is 12.9. The number of carbonyl (C=O) groups is 1. The second-order valence-electron chi connectivity index (χ2n) is 18.9. The first-order valence-corrected chi connectivity index (χ1v) is 27.8. The van der Waals surface area contributed by atoms with Crippen LogP contribution >= 0.6 is 7.82 Å². The van der Waals surface area contributed by atoms with Crippen molar-refractivity contribution in [3.63, 3.8) is 0 Å². The first-order valence-electron chi connectivity index (χ1n) is 26.3. The Kier molecular flexibility index (Phi) is 44.6. The van der Waals surface area contributed by atoms with Gasteiger partial charge in [-0.15, -0.1) is 0 Å². The van der Waals surface area contributed by atoms with Crippen LogP contribution in [0.15, 0.2) is 72.9 Å². The van der Waals surface area contributed by atoms with E-state index in [1.54, 1.807) is 6.08 Å². The molecule has 0 aliphatic heterocycles. The van der Waals surface area contributed by atoms with Gasteiger partial charge in [0.25, 0.3) is 0 Å². The topological polar surface area (TPSA) is 105 Å². The third-order valence-corrected chi connectivity index (χ3v) is 12.4. The molecule has 0 saturated heterocycles. The van der Waals surface area contributed by atoms with Gasteiger partial charge in [0.2, 0.25) is 5.91 Å². The number of aliphatic hydroxyl groups is 1. The van der Waals surface area contributed by atoms with Crippen LogP contribution in [0.5, 0.6) is 0 Å². The molecule has 0 aromatic carbocycles. The lowest BCUT2D eigenvalue weighted by Crippen LogP contribution is -2.45. The number of allylic oxidation sites excluding steroid dienone is 11. The van der Waals surface area contributed by atoms with E-state index in [1.807, 2.05) is 27.2 Å². The van der Waals surface area contributed by atoms with E-state index in [9.17, 15) is 19.4 Å². The number of hydrogen-bond donors (Lipinski definition) is 3. The molecule has 0 aliphatic rings. The lowest BCUT2D eigenvalue weighted by molar-refractivity contribution is -0.870. The molecule has 3 unspecified atom stereocenters. The van der Waals surface area contributed by atoms with Crippen molar-refractivity contribution in [3.8, 4) is 0 Å². The zero-order valence-electron chi connectivity index (χ0n) is 42.3. The summed E-state index contributed by atoms with van der Waals surface area (Å²) in [5.41, 5.74) is 0. The zero-order valence-corrected chi connectivity index (χ0v) is 43.1. The highest BCUT2D eigenvalue weighted by Gasteiger charge is 2.27. The monoisotopic (exact) mass is 918 g/mol. The molecule has 0 radical (unpaired) electrons. The van der Waals surface area contributed by atoms with E-state index in [1.165, 1.54) is 109 Å². The molecule has 64 heavy (non-hydrogen) atoms. The van der Waals surface area contributed by atoms with E-state index in [0.717, 1.165) is 89.9 Å². The molecule has 1 amide bonds. The molecule has 0 rings (SSSR count). The van der Waals surface area contributed by atoms with Crippen LogP contribution in [0.2, 0.25) is 0 Å². The van der Waals surface area contributed by atoms with Gasteiger partial charge in [0.05, 0.1) is 39.9 Å². The van der Waals surface area contributed by atoms with Crippen molar-refractivity contribution < 1.29 is 32.9 Å². The summed E-state index contributed by atoms with van der Waals surface area (Å²) >= 11 is 0. The fourth-order valence-corrected chi connectivity index (χ4v) is 8.04. The van der Waals surface area contributed by atoms with Crippen LogP contribution in [-0.2, 0) is 18.4 Å². The van der Waals surface area contributed by atoms with E-state index in [-0.39, 0.29) is 19.1 Å². The van der Waals surface area contributed by atoms with Crippen LogP contribution in [0.4, 0.5) is 0 Å². The zero-order chi connectivity index (χ0) is 47.1. The highest BCUT2D eigenvalue weighted by Crippen LogP contribution is 2.43. The van der Waals surface area contributed by atoms with Gasteiger partial charge in [-0.1, -0.05) is 222 Å². The molecule has 0 heterocycles. The van der Waals surface area contributed by atoms with Crippen molar-refractivity contribution in [2.45, 2.75) is 231 Å². The van der Waals surface area contributed by atoms with Gasteiger partial charge in [-0.2, -0.15) is 0 Å². The average molecular weight is 918 g/mol. The lowest BCUT2D eigenvalue weighted by atomic mass is 10.0. The Bertz CT molecular complexity index is 1270. The summed E-state index contributed by atoms with van der Waals surface area (Å²) in [6, 6.07) is -0.861. The Balaban J connectivity index is 4.36. The predicted molar refractivity (Wildman–Crippen MR) is 276 cm³/mol. The number of amides is 1. The van der Waals surface area contributed by atoms with Gasteiger partial charge in [0.15, 0.2) is 0 Å². The SMILES string of the molecule is CC/C=C\C/C=C\C/C=C\C/C=C\C/C=C\CCCCCCCC(=O)NC(COP(=O)(O)OCC[N+](C)(C)C)C(O)/C=C/CCCCCCCCCCCCCCCCCCCCC. The molecule has 0 aliphatic carbocycles. The highest BCUT2D eigenvalue weighted by molar-refractivity contribution is 7.47. The van der Waals surface area contributed by atoms with Crippen molar-refractivity contribution in [2.75, 3.05) is 40.9 Å². The molecule has 372 valence electrons. The second-order valence-corrected chi connectivity index (χ2v) is 20.3. The fourth-order valence-electron chi connectivity index (χ4n) is 7.30. The number of phosphoric acid groups is 1. The highest BCUT2D eigenvalue weighted by atomic mass is 31.2. The summed E-state index contributed by atoms with van der Waals surface area (Å²) in [6.07, 6.45) is 62.7. The number of rotatable bonds is 47. The third-order valence-electron chi connectivity index (χ3n) is 11.4. The van der Waals surface area contributed by atoms with Crippen molar-refractivity contribution in [3.05, 3.63) is 72.9 Å². The summed E-state index contributed by atoms with van der Waals surface area (Å²) < 4.78 is 23.7. The van der Waals surface area contributed by atoms with Gasteiger partial charge in [0.1, 0.15) is 13.2 Å². The molecule has 9 heteroatoms. The summed E-state index contributed by atoms with van der Waals surface area (Å²) in [4.78, 5) is 23.2. The van der Waals surface area contributed by atoms with Gasteiger partial charge in [-0.25, -0.2) is 4.57 Å². The Morgan fingerprint density at radius 3 is 1.38 bits per heavy atom. The second kappa shape index (κ2) is 46.1. The number of nitrogens with one attached hydrogen (secondary N) is 1. The van der Waals surface area contributed by atoms with Crippen LogP contribution < -0.4 is 5.32 Å². The number of unbranched alkanes of at least 4 members (excludes halogenated alkanes) is 24. The van der Waals surface area contributed by atoms with Crippen LogP contribution in [0, 0.1) is 0 Å². The van der Waals surface area contributed by atoms with E-state index in [4.69, 9.17) is 9.05 Å². The molecule has 0 saturated carbocycles. The summed E-state index contributed by atoms with van der Waals surface area (Å²) in [5, 5.41) is 13.9. The van der Waals surface area contributed by atoms with Crippen LogP contribution in [0.25, 0.3) is 0 Å². The van der Waals surface area contributed by atoms with E-state index in [2.05, 4.69) is 79.9 Å². The van der Waals surface area contributed by atoms with E-state index < -0.39 is 20.0 Å². The third kappa shape index (κ3) is 47.9. The summed E-state index contributed by atoms with van der Waals surface area (Å²) in [7, 11) is 1.55. The maximum atomic E-state index is 12.9. The van der Waals surface area contributed by atoms with Gasteiger partial charge >= 0.3 is 7.82 Å². The van der Waals surface area contributed by atoms with E-state index in [0.29, 0.717) is 17.4 Å². The molecule has 8 nitrogen and oxygen atoms in total. The number of likely N-dealkylation sites (N-methyl/N-ethyl adjacent to an activating group) is 1. The summed E-state index contributed by atoms with van der Waals surface area (Å²) in [5.74, 6) is -0.197. The Hall–Kier alpha value is -2.06. The minimum Gasteiger partial charge on any atom is -0.387 e. The predicted octanol–water partition coefficient (Wildman–Crippen LogP) is 15.5. The van der Waals surface area contributed by atoms with Crippen molar-refractivity contribution in [1.82, 2.24) is 5.32 Å². The molecule has 3 atom stereocenters. The number of quaternary nitrogens is 1. The molecule has 3 N–H and O–H groups in total. The average Bonchev–Trinajstić information content (AvgIpc) is 3.25. The van der Waals surface area contributed by atoms with Gasteiger partial charge in [-0.05, 0) is 64.2 Å². The fraction of sp³-hybridized carbons (Fsp3) is 0.764. The first-order chi connectivity index (χ1) is 31.0. The minimum atomic E-state index is -4.35. The van der Waals surface area contributed by atoms with E-state index >= 15 is 0 Å². The van der Waals surface area contributed by atoms with Crippen LogP contribution in [0.1, 0.15) is 219 Å². The molecular weight excluding hydrogens is 816 g/mol. The molecular formula is C55H102N2O6P+. The molecule has 0 aromatic rings. The van der Waals surface area contributed by atoms with Crippen molar-refractivity contribution in [1.29, 1.82) is 0 Å². The number of phosphoric ester groups is 1. The Morgan fingerprint density at radius 1 is 0.547 bits per heavy atom.